The lowest BCUT2D eigenvalue weighted by atomic mass is 10.0. The van der Waals surface area contributed by atoms with Crippen molar-refractivity contribution in [1.29, 1.82) is 0 Å². The summed E-state index contributed by atoms with van der Waals surface area (Å²) in [5, 5.41) is 0. The third-order valence-corrected chi connectivity index (χ3v) is 2.38. The van der Waals surface area contributed by atoms with Gasteiger partial charge in [0, 0.05) is 23.5 Å². The van der Waals surface area contributed by atoms with E-state index in [1.165, 1.54) is 42.7 Å². The highest BCUT2D eigenvalue weighted by Crippen LogP contribution is 2.27. The average molecular weight is 267 g/mol. The Labute approximate surface area is 106 Å². The van der Waals surface area contributed by atoms with Gasteiger partial charge >= 0.3 is 6.36 Å². The molecule has 1 aromatic carbocycles. The van der Waals surface area contributed by atoms with E-state index in [0.29, 0.717) is 23.0 Å². The van der Waals surface area contributed by atoms with Crippen LogP contribution in [-0.4, -0.2) is 17.6 Å². The van der Waals surface area contributed by atoms with Crippen LogP contribution in [-0.2, 0) is 0 Å². The molecular weight excluding hydrogens is 259 g/mol. The van der Waals surface area contributed by atoms with Crippen molar-refractivity contribution in [3.05, 3.63) is 48.3 Å². The molecule has 2 rings (SSSR count). The van der Waals surface area contributed by atoms with Gasteiger partial charge in [-0.05, 0) is 23.8 Å². The van der Waals surface area contributed by atoms with Gasteiger partial charge < -0.3 is 4.74 Å². The molecular formula is C13H8F3NO2. The molecule has 0 aliphatic heterocycles. The molecule has 0 unspecified atom stereocenters. The number of aldehydes is 1. The molecule has 0 N–H and O–H groups in total. The van der Waals surface area contributed by atoms with E-state index in [0.717, 1.165) is 0 Å². The van der Waals surface area contributed by atoms with Crippen LogP contribution in [0.25, 0.3) is 11.1 Å². The first-order valence-electron chi connectivity index (χ1n) is 5.25. The number of pyridine rings is 1. The van der Waals surface area contributed by atoms with Crippen LogP contribution in [0.2, 0.25) is 0 Å². The molecule has 6 heteroatoms. The maximum atomic E-state index is 12.0. The minimum Gasteiger partial charge on any atom is -0.406 e. The Hall–Kier alpha value is -2.37. The normalized spacial score (nSPS) is 11.1. The van der Waals surface area contributed by atoms with Gasteiger partial charge in [-0.2, -0.15) is 0 Å². The summed E-state index contributed by atoms with van der Waals surface area (Å²) in [4.78, 5) is 14.7. The first-order valence-corrected chi connectivity index (χ1v) is 5.25. The van der Waals surface area contributed by atoms with Gasteiger partial charge in [0.25, 0.3) is 0 Å². The van der Waals surface area contributed by atoms with Crippen molar-refractivity contribution < 1.29 is 22.7 Å². The molecule has 19 heavy (non-hydrogen) atoms. The number of rotatable bonds is 3. The van der Waals surface area contributed by atoms with Crippen LogP contribution in [0, 0.1) is 0 Å². The standard InChI is InChI=1S/C13H8F3NO2/c14-13(15,16)19-11-3-1-9(2-4-11)12-7-17-6-5-10(12)8-18/h1-8H. The van der Waals surface area contributed by atoms with E-state index in [-0.39, 0.29) is 5.75 Å². The summed E-state index contributed by atoms with van der Waals surface area (Å²) in [5.74, 6) is -0.312. The molecule has 1 aromatic heterocycles. The smallest absolute Gasteiger partial charge is 0.406 e. The Morgan fingerprint density at radius 1 is 1.11 bits per heavy atom. The number of carbonyl (C=O) groups is 1. The van der Waals surface area contributed by atoms with Crippen LogP contribution in [0.15, 0.2) is 42.7 Å². The van der Waals surface area contributed by atoms with E-state index in [9.17, 15) is 18.0 Å². The zero-order valence-corrected chi connectivity index (χ0v) is 9.52. The van der Waals surface area contributed by atoms with E-state index in [1.807, 2.05) is 0 Å². The van der Waals surface area contributed by atoms with E-state index >= 15 is 0 Å². The lowest BCUT2D eigenvalue weighted by molar-refractivity contribution is -0.274. The van der Waals surface area contributed by atoms with Crippen molar-refractivity contribution in [2.24, 2.45) is 0 Å². The first kappa shape index (κ1) is 13.1. The molecule has 1 heterocycles. The molecule has 0 bridgehead atoms. The fourth-order valence-electron chi connectivity index (χ4n) is 1.59. The summed E-state index contributed by atoms with van der Waals surface area (Å²) >= 11 is 0. The Morgan fingerprint density at radius 3 is 2.37 bits per heavy atom. The first-order chi connectivity index (χ1) is 8.99. The second-order valence-corrected chi connectivity index (χ2v) is 3.65. The van der Waals surface area contributed by atoms with Gasteiger partial charge in [0.1, 0.15) is 5.75 Å². The Kier molecular flexibility index (Phi) is 3.50. The summed E-state index contributed by atoms with van der Waals surface area (Å²) < 4.78 is 39.8. The van der Waals surface area contributed by atoms with Gasteiger partial charge in [-0.15, -0.1) is 13.2 Å². The fraction of sp³-hybridized carbons (Fsp3) is 0.0769. The third-order valence-electron chi connectivity index (χ3n) is 2.38. The zero-order valence-electron chi connectivity index (χ0n) is 9.52. The van der Waals surface area contributed by atoms with Crippen molar-refractivity contribution >= 4 is 6.29 Å². The maximum absolute atomic E-state index is 12.0. The number of nitrogens with zero attached hydrogens (tertiary/aromatic N) is 1. The summed E-state index contributed by atoms with van der Waals surface area (Å²) in [6, 6.07) is 6.77. The number of benzene rings is 1. The molecule has 0 spiro atoms. The van der Waals surface area contributed by atoms with Crippen LogP contribution in [0.5, 0.6) is 5.75 Å². The van der Waals surface area contributed by atoms with Crippen molar-refractivity contribution in [2.45, 2.75) is 6.36 Å². The SMILES string of the molecule is O=Cc1ccncc1-c1ccc(OC(F)(F)F)cc1. The van der Waals surface area contributed by atoms with Gasteiger partial charge in [0.05, 0.1) is 0 Å². The number of halogens is 3. The average Bonchev–Trinajstić information content (AvgIpc) is 2.38. The lowest BCUT2D eigenvalue weighted by Gasteiger charge is -2.09. The van der Waals surface area contributed by atoms with Crippen LogP contribution < -0.4 is 4.74 Å². The molecule has 3 nitrogen and oxygen atoms in total. The van der Waals surface area contributed by atoms with Crippen molar-refractivity contribution in [1.82, 2.24) is 4.98 Å². The lowest BCUT2D eigenvalue weighted by Crippen LogP contribution is -2.16. The maximum Gasteiger partial charge on any atom is 0.573 e. The van der Waals surface area contributed by atoms with Crippen molar-refractivity contribution in [3.63, 3.8) is 0 Å². The molecule has 0 radical (unpaired) electrons. The number of alkyl halides is 3. The molecule has 0 saturated heterocycles. The predicted octanol–water partition coefficient (Wildman–Crippen LogP) is 3.46. The van der Waals surface area contributed by atoms with Crippen molar-refractivity contribution in [2.75, 3.05) is 0 Å². The Morgan fingerprint density at radius 2 is 1.79 bits per heavy atom. The molecule has 0 saturated carbocycles. The second-order valence-electron chi connectivity index (χ2n) is 3.65. The van der Waals surface area contributed by atoms with Crippen LogP contribution in [0.3, 0.4) is 0 Å². The summed E-state index contributed by atoms with van der Waals surface area (Å²) in [6.45, 7) is 0. The molecule has 0 aliphatic rings. The minimum absolute atomic E-state index is 0.312. The number of ether oxygens (including phenoxy) is 1. The molecule has 0 atom stereocenters. The topological polar surface area (TPSA) is 39.2 Å². The number of hydrogen-bond acceptors (Lipinski definition) is 3. The van der Waals surface area contributed by atoms with Crippen LogP contribution in [0.4, 0.5) is 13.2 Å². The van der Waals surface area contributed by atoms with E-state index < -0.39 is 6.36 Å². The van der Waals surface area contributed by atoms with E-state index in [1.54, 1.807) is 0 Å². The molecule has 0 amide bonds. The number of aromatic nitrogens is 1. The summed E-state index contributed by atoms with van der Waals surface area (Å²) in [5.41, 5.74) is 1.56. The van der Waals surface area contributed by atoms with Gasteiger partial charge in [0.2, 0.25) is 0 Å². The Balaban J connectivity index is 2.30. The zero-order chi connectivity index (χ0) is 13.9. The van der Waals surface area contributed by atoms with Crippen LogP contribution in [0.1, 0.15) is 10.4 Å². The van der Waals surface area contributed by atoms with Crippen molar-refractivity contribution in [3.8, 4) is 16.9 Å². The van der Waals surface area contributed by atoms with Gasteiger partial charge in [0.15, 0.2) is 6.29 Å². The second kappa shape index (κ2) is 5.09. The largest absolute Gasteiger partial charge is 0.573 e. The number of carbonyl (C=O) groups excluding carboxylic acids is 1. The van der Waals surface area contributed by atoms with Gasteiger partial charge in [-0.1, -0.05) is 12.1 Å². The Bertz CT molecular complexity index is 579. The molecule has 2 aromatic rings. The predicted molar refractivity (Wildman–Crippen MR) is 61.7 cm³/mol. The quantitative estimate of drug-likeness (QED) is 0.799. The van der Waals surface area contributed by atoms with Gasteiger partial charge in [-0.3, -0.25) is 9.78 Å². The highest BCUT2D eigenvalue weighted by atomic mass is 19.4. The highest BCUT2D eigenvalue weighted by Gasteiger charge is 2.30. The molecule has 98 valence electrons. The van der Waals surface area contributed by atoms with Crippen LogP contribution >= 0.6 is 0 Å². The summed E-state index contributed by atoms with van der Waals surface area (Å²) in [6.07, 6.45) is -1.11. The third kappa shape index (κ3) is 3.31. The fourth-order valence-corrected chi connectivity index (χ4v) is 1.59. The summed E-state index contributed by atoms with van der Waals surface area (Å²) in [7, 11) is 0. The van der Waals surface area contributed by atoms with Gasteiger partial charge in [-0.25, -0.2) is 0 Å². The molecule has 0 fully saturated rings. The van der Waals surface area contributed by atoms with E-state index in [2.05, 4.69) is 9.72 Å². The van der Waals surface area contributed by atoms with E-state index in [4.69, 9.17) is 0 Å². The minimum atomic E-state index is -4.72. The highest BCUT2D eigenvalue weighted by molar-refractivity contribution is 5.87. The number of hydrogen-bond donors (Lipinski definition) is 0. The monoisotopic (exact) mass is 267 g/mol. The molecule has 0 aliphatic carbocycles.